The zero-order chi connectivity index (χ0) is 18.8. The van der Waals surface area contributed by atoms with Crippen LogP contribution in [0.15, 0.2) is 47.3 Å². The smallest absolute Gasteiger partial charge is 0.289 e. The van der Waals surface area contributed by atoms with Crippen molar-refractivity contribution < 1.29 is 9.72 Å². The molecule has 26 heavy (non-hydrogen) atoms. The summed E-state index contributed by atoms with van der Waals surface area (Å²) >= 11 is 5.74. The largest absolute Gasteiger partial charge is 0.324 e. The third-order valence-corrected chi connectivity index (χ3v) is 4.09. The fourth-order valence-corrected chi connectivity index (χ4v) is 2.77. The number of benzene rings is 2. The molecule has 0 saturated carbocycles. The molecular weight excluding hydrogens is 360 g/mol. The molecule has 0 aliphatic carbocycles. The van der Waals surface area contributed by atoms with Crippen molar-refractivity contribution in [3.05, 3.63) is 73.6 Å². The van der Waals surface area contributed by atoms with E-state index in [0.717, 1.165) is 16.1 Å². The number of amides is 1. The van der Waals surface area contributed by atoms with E-state index >= 15 is 0 Å². The lowest BCUT2D eigenvalue weighted by molar-refractivity contribution is -0.384. The van der Waals surface area contributed by atoms with Crippen LogP contribution in [0.1, 0.15) is 5.69 Å². The van der Waals surface area contributed by atoms with Crippen molar-refractivity contribution in [3.8, 4) is 0 Å². The summed E-state index contributed by atoms with van der Waals surface area (Å²) < 4.78 is 1.07. The molecule has 0 spiro atoms. The number of nitrogens with one attached hydrogen (secondary N) is 1. The van der Waals surface area contributed by atoms with Crippen LogP contribution in [0, 0.1) is 17.0 Å². The average Bonchev–Trinajstić information content (AvgIpc) is 2.61. The lowest BCUT2D eigenvalue weighted by Crippen LogP contribution is -2.30. The van der Waals surface area contributed by atoms with E-state index in [1.54, 1.807) is 31.2 Å². The maximum atomic E-state index is 12.5. The third-order valence-electron chi connectivity index (χ3n) is 3.77. The summed E-state index contributed by atoms with van der Waals surface area (Å²) in [7, 11) is 0. The highest BCUT2D eigenvalue weighted by Gasteiger charge is 2.15. The molecule has 3 aromatic rings. The van der Waals surface area contributed by atoms with Crippen LogP contribution in [-0.4, -0.2) is 20.6 Å². The Morgan fingerprint density at radius 1 is 1.27 bits per heavy atom. The number of fused-ring (bicyclic) bond motifs is 1. The minimum Gasteiger partial charge on any atom is -0.324 e. The molecule has 0 atom stereocenters. The van der Waals surface area contributed by atoms with Crippen LogP contribution in [0.5, 0.6) is 0 Å². The standard InChI is InChI=1S/C17H13ClN4O4/c1-10-12-4-2-3-5-13(12)17(24)21(20-10)9-16(23)19-11-6-7-14(18)15(8-11)22(25)26/h2-8H,9H2,1H3,(H,19,23). The van der Waals surface area contributed by atoms with E-state index in [1.807, 2.05) is 0 Å². The first-order valence-corrected chi connectivity index (χ1v) is 7.95. The molecule has 2 aromatic carbocycles. The van der Waals surface area contributed by atoms with E-state index in [-0.39, 0.29) is 28.5 Å². The topological polar surface area (TPSA) is 107 Å². The average molecular weight is 373 g/mol. The number of aromatic nitrogens is 2. The number of nitro groups is 1. The lowest BCUT2D eigenvalue weighted by atomic mass is 10.1. The number of hydrogen-bond acceptors (Lipinski definition) is 5. The lowest BCUT2D eigenvalue weighted by Gasteiger charge is -2.09. The van der Waals surface area contributed by atoms with E-state index in [2.05, 4.69) is 10.4 Å². The highest BCUT2D eigenvalue weighted by atomic mass is 35.5. The Kier molecular flexibility index (Phi) is 4.68. The Balaban J connectivity index is 1.86. The molecule has 1 aromatic heterocycles. The van der Waals surface area contributed by atoms with Gasteiger partial charge in [0.05, 0.1) is 16.0 Å². The van der Waals surface area contributed by atoms with Crippen molar-refractivity contribution in [2.24, 2.45) is 0 Å². The van der Waals surface area contributed by atoms with Crippen LogP contribution >= 0.6 is 11.6 Å². The maximum absolute atomic E-state index is 12.5. The van der Waals surface area contributed by atoms with Gasteiger partial charge >= 0.3 is 0 Å². The van der Waals surface area contributed by atoms with E-state index in [1.165, 1.54) is 12.1 Å². The number of hydrogen-bond donors (Lipinski definition) is 1. The van der Waals surface area contributed by atoms with Crippen molar-refractivity contribution in [1.29, 1.82) is 0 Å². The fraction of sp³-hybridized carbons (Fsp3) is 0.118. The first-order valence-electron chi connectivity index (χ1n) is 7.57. The highest BCUT2D eigenvalue weighted by molar-refractivity contribution is 6.32. The van der Waals surface area contributed by atoms with Gasteiger partial charge in [0.2, 0.25) is 5.91 Å². The molecule has 1 heterocycles. The normalized spacial score (nSPS) is 10.7. The summed E-state index contributed by atoms with van der Waals surface area (Å²) in [4.78, 5) is 35.0. The van der Waals surface area contributed by atoms with E-state index in [0.29, 0.717) is 11.1 Å². The van der Waals surface area contributed by atoms with Gasteiger partial charge in [-0.25, -0.2) is 4.68 Å². The first-order chi connectivity index (χ1) is 12.4. The monoisotopic (exact) mass is 372 g/mol. The summed E-state index contributed by atoms with van der Waals surface area (Å²) in [6.07, 6.45) is 0. The van der Waals surface area contributed by atoms with Crippen molar-refractivity contribution in [2.45, 2.75) is 13.5 Å². The number of carbonyl (C=O) groups is 1. The molecule has 1 amide bonds. The Morgan fingerprint density at radius 2 is 1.96 bits per heavy atom. The minimum absolute atomic E-state index is 0.0314. The molecule has 9 heteroatoms. The minimum atomic E-state index is -0.642. The van der Waals surface area contributed by atoms with Gasteiger partial charge in [-0.2, -0.15) is 5.10 Å². The number of aryl methyl sites for hydroxylation is 1. The SMILES string of the molecule is Cc1nn(CC(=O)Nc2ccc(Cl)c([N+](=O)[O-])c2)c(=O)c2ccccc12. The van der Waals surface area contributed by atoms with Crippen molar-refractivity contribution in [1.82, 2.24) is 9.78 Å². The van der Waals surface area contributed by atoms with Crippen LogP contribution in [0.4, 0.5) is 11.4 Å². The van der Waals surface area contributed by atoms with Gasteiger partial charge in [-0.05, 0) is 25.1 Å². The van der Waals surface area contributed by atoms with E-state index in [4.69, 9.17) is 11.6 Å². The summed E-state index contributed by atoms with van der Waals surface area (Å²) in [6, 6.07) is 10.9. The summed E-state index contributed by atoms with van der Waals surface area (Å²) in [5.41, 5.74) is 0.122. The van der Waals surface area contributed by atoms with Gasteiger partial charge in [0, 0.05) is 17.1 Å². The van der Waals surface area contributed by atoms with Crippen LogP contribution in [0.3, 0.4) is 0 Å². The predicted molar refractivity (Wildman–Crippen MR) is 97.5 cm³/mol. The second-order valence-corrected chi connectivity index (χ2v) is 5.97. The first kappa shape index (κ1) is 17.6. The zero-order valence-electron chi connectivity index (χ0n) is 13.6. The Labute approximate surface area is 152 Å². The van der Waals surface area contributed by atoms with E-state index < -0.39 is 10.8 Å². The molecule has 0 saturated heterocycles. The molecule has 0 fully saturated rings. The van der Waals surface area contributed by atoms with Crippen molar-refractivity contribution in [3.63, 3.8) is 0 Å². The quantitative estimate of drug-likeness (QED) is 0.559. The number of rotatable bonds is 4. The van der Waals surface area contributed by atoms with Gasteiger partial charge < -0.3 is 5.32 Å². The number of anilines is 1. The van der Waals surface area contributed by atoms with Gasteiger partial charge in [-0.1, -0.05) is 29.8 Å². The molecule has 1 N–H and O–H groups in total. The van der Waals surface area contributed by atoms with Crippen LogP contribution < -0.4 is 10.9 Å². The molecule has 0 bridgehead atoms. The molecule has 0 aliphatic rings. The molecule has 0 radical (unpaired) electrons. The predicted octanol–water partition coefficient (Wildman–Crippen LogP) is 2.91. The van der Waals surface area contributed by atoms with Gasteiger partial charge in [0.15, 0.2) is 0 Å². The fourth-order valence-electron chi connectivity index (χ4n) is 2.58. The van der Waals surface area contributed by atoms with Crippen LogP contribution in [0.2, 0.25) is 5.02 Å². The molecule has 132 valence electrons. The van der Waals surface area contributed by atoms with Gasteiger partial charge in [-0.3, -0.25) is 19.7 Å². The second kappa shape index (κ2) is 6.93. The van der Waals surface area contributed by atoms with Gasteiger partial charge in [0.1, 0.15) is 11.6 Å². The maximum Gasteiger partial charge on any atom is 0.289 e. The Bertz CT molecular complexity index is 1090. The molecule has 3 rings (SSSR count). The molecule has 0 aliphatic heterocycles. The summed E-state index contributed by atoms with van der Waals surface area (Å²) in [5, 5.41) is 18.7. The van der Waals surface area contributed by atoms with Crippen LogP contribution in [0.25, 0.3) is 10.8 Å². The number of nitrogens with zero attached hydrogens (tertiary/aromatic N) is 3. The number of carbonyl (C=O) groups excluding carboxylic acids is 1. The third kappa shape index (κ3) is 3.40. The van der Waals surface area contributed by atoms with Gasteiger partial charge in [-0.15, -0.1) is 0 Å². The summed E-state index contributed by atoms with van der Waals surface area (Å²) in [6.45, 7) is 1.43. The molecule has 0 unspecified atom stereocenters. The van der Waals surface area contributed by atoms with E-state index in [9.17, 15) is 19.7 Å². The number of halogens is 1. The van der Waals surface area contributed by atoms with Crippen LogP contribution in [-0.2, 0) is 11.3 Å². The Hall–Kier alpha value is -3.26. The highest BCUT2D eigenvalue weighted by Crippen LogP contribution is 2.27. The van der Waals surface area contributed by atoms with Gasteiger partial charge in [0.25, 0.3) is 11.2 Å². The summed E-state index contributed by atoms with van der Waals surface area (Å²) in [5.74, 6) is -0.536. The van der Waals surface area contributed by atoms with Crippen molar-refractivity contribution >= 4 is 39.7 Å². The molecular formula is C17H13ClN4O4. The zero-order valence-corrected chi connectivity index (χ0v) is 14.4. The Morgan fingerprint density at radius 3 is 2.65 bits per heavy atom. The van der Waals surface area contributed by atoms with Crippen molar-refractivity contribution in [2.75, 3.05) is 5.32 Å². The second-order valence-electron chi connectivity index (χ2n) is 5.57. The molecule has 8 nitrogen and oxygen atoms in total. The number of nitro benzene ring substituents is 1.